The third-order valence-electron chi connectivity index (χ3n) is 21.8. The van der Waals surface area contributed by atoms with Crippen LogP contribution < -0.4 is 18.3 Å². The van der Waals surface area contributed by atoms with Crippen molar-refractivity contribution in [2.24, 2.45) is 61.8 Å². The molecule has 0 saturated carbocycles. The molecule has 16 aromatic rings. The smallest absolute Gasteiger partial charge is 0.215 e. The monoisotopic (exact) mass is 1440 g/mol. The molecule has 0 radical (unpaired) electrons. The van der Waals surface area contributed by atoms with Gasteiger partial charge in [-0.25, -0.2) is 38.2 Å². The van der Waals surface area contributed by atoms with Gasteiger partial charge in [-0.15, -0.1) is 0 Å². The third kappa shape index (κ3) is 14.8. The summed E-state index contributed by atoms with van der Waals surface area (Å²) in [5.74, 6) is 4.09. The van der Waals surface area contributed by atoms with Crippen molar-refractivity contribution in [3.63, 3.8) is 0 Å². The highest BCUT2D eigenvalue weighted by Gasteiger charge is 2.26. The van der Waals surface area contributed by atoms with Crippen LogP contribution in [0.15, 0.2) is 213 Å². The Morgan fingerprint density at radius 1 is 0.294 bits per heavy atom. The summed E-state index contributed by atoms with van der Waals surface area (Å²) in [7, 11) is 16.9. The lowest BCUT2D eigenvalue weighted by molar-refractivity contribution is -0.661. The number of hydrogen-bond donors (Lipinski definition) is 0. The molecule has 0 fully saturated rings. The minimum absolute atomic E-state index is 0.219. The van der Waals surface area contributed by atoms with Crippen molar-refractivity contribution in [1.82, 2.24) is 38.2 Å². The molecule has 16 rings (SSSR count). The van der Waals surface area contributed by atoms with Gasteiger partial charge in [0, 0.05) is 115 Å². The second-order valence-electron chi connectivity index (χ2n) is 31.5. The largest absolute Gasteiger partial charge is 0.327 e. The molecule has 0 saturated heterocycles. The molecule has 8 aromatic carbocycles. The van der Waals surface area contributed by atoms with E-state index < -0.39 is 0 Å². The minimum atomic E-state index is 0.219. The van der Waals surface area contributed by atoms with Crippen LogP contribution in [0.25, 0.3) is 135 Å². The summed E-state index contributed by atoms with van der Waals surface area (Å²) in [6.45, 7) is 32.9. The molecule has 12 heteroatoms. The molecule has 12 nitrogen and oxygen atoms in total. The summed E-state index contributed by atoms with van der Waals surface area (Å²) in [6.07, 6.45) is 9.47. The molecule has 0 unspecified atom stereocenters. The van der Waals surface area contributed by atoms with Gasteiger partial charge in [0.1, 0.15) is 51.5 Å². The summed E-state index contributed by atoms with van der Waals surface area (Å²) in [6, 6.07) is 67.0. The molecule has 109 heavy (non-hydrogen) atoms. The standard InChI is InChI=1S/C27H32N3.C25H28N3.C23H24N3.C22H22N3/c1-18-15-20(17-27(3,4)5)25-24(16-18)30(7)26(28-25)22-12-10-11-21(19(22)2)23-13-8-9-14-29(23)6;1-15-11-17(3)23-22(13-15)28(7)25(26-23)21-10-8-9-20(19(21)5)24-18(4)12-16(2)14-27(24)6;1-15-13-16(2)22-21(14-15)26(5)23(24-22)19-10-8-9-18(17(19)3)20-11-6-7-12-25(20)4;1-15-9-7-13-20-21(15)23-22(25(20)4)18-11-8-10-17(16(18)2)19-12-5-6-14-24(19)3/h8-16H,17H2,1-7H3;8-14H,1-7H3;6-14H,1-5H3;5-14H,1-4H3/q4*+1. The molecular formula is C97H106N12+4. The SMILES string of the molecule is Cc1c(-c2nc3c(C)cccc3n2C)cccc1-c1cccc[n+]1C.Cc1cc(C)c2nc(-c3cccc(-c4c(C)cc(C)c[n+]4C)c3C)n(C)c2c1.Cc1cc(C)c2nc(-c3cccc(-c4cccc[n+]4C)c3C)n(C)c2c1.Cc1cc(CC(C)(C)C)c2nc(-c3cccc(-c4cccc[n+]4C)c3C)n(C)c2c1. The van der Waals surface area contributed by atoms with Crippen LogP contribution in [0, 0.1) is 88.5 Å². The van der Waals surface area contributed by atoms with Crippen LogP contribution in [0.3, 0.4) is 0 Å². The first kappa shape index (κ1) is 75.5. The molecule has 0 aliphatic rings. The van der Waals surface area contributed by atoms with E-state index in [1.165, 1.54) is 162 Å². The second-order valence-corrected chi connectivity index (χ2v) is 31.5. The van der Waals surface area contributed by atoms with E-state index in [2.05, 4.69) is 410 Å². The van der Waals surface area contributed by atoms with Crippen LogP contribution >= 0.6 is 0 Å². The Morgan fingerprint density at radius 3 is 0.991 bits per heavy atom. The molecule has 0 spiro atoms. The van der Waals surface area contributed by atoms with Crippen LogP contribution in [0.1, 0.15) is 93.1 Å². The van der Waals surface area contributed by atoms with Crippen molar-refractivity contribution in [2.45, 2.75) is 110 Å². The second kappa shape index (κ2) is 30.5. The fraction of sp³-hybridized carbons (Fsp3) is 0.258. The zero-order valence-electron chi connectivity index (χ0n) is 68.3. The van der Waals surface area contributed by atoms with Gasteiger partial charge in [0.15, 0.2) is 24.8 Å². The van der Waals surface area contributed by atoms with Crippen LogP contribution in [0.2, 0.25) is 0 Å². The molecule has 0 aliphatic carbocycles. The summed E-state index contributed by atoms with van der Waals surface area (Å²) in [5.41, 5.74) is 40.4. The van der Waals surface area contributed by atoms with Gasteiger partial charge in [-0.05, 0) is 229 Å². The van der Waals surface area contributed by atoms with Crippen molar-refractivity contribution >= 4 is 44.1 Å². The lowest BCUT2D eigenvalue weighted by Gasteiger charge is -2.18. The van der Waals surface area contributed by atoms with E-state index in [0.29, 0.717) is 0 Å². The van der Waals surface area contributed by atoms with Gasteiger partial charge in [0.05, 0.1) is 49.7 Å². The predicted molar refractivity (Wildman–Crippen MR) is 451 cm³/mol. The summed E-state index contributed by atoms with van der Waals surface area (Å²) in [4.78, 5) is 20.2. The number of benzene rings is 8. The first-order valence-electron chi connectivity index (χ1n) is 38.0. The van der Waals surface area contributed by atoms with E-state index >= 15 is 0 Å². The number of para-hydroxylation sites is 1. The number of nitrogens with zero attached hydrogens (tertiary/aromatic N) is 12. The van der Waals surface area contributed by atoms with Gasteiger partial charge in [-0.2, -0.15) is 0 Å². The normalized spacial score (nSPS) is 11.5. The van der Waals surface area contributed by atoms with E-state index in [1.807, 2.05) is 0 Å². The summed E-state index contributed by atoms with van der Waals surface area (Å²) >= 11 is 0. The van der Waals surface area contributed by atoms with Gasteiger partial charge in [-0.1, -0.05) is 99.6 Å². The Bertz CT molecular complexity index is 6170. The third-order valence-corrected chi connectivity index (χ3v) is 21.8. The average Bonchev–Trinajstić information content (AvgIpc) is 1.67. The molecule has 0 amide bonds. The molecule has 0 N–H and O–H groups in total. The Hall–Kier alpha value is -11.8. The predicted octanol–water partition coefficient (Wildman–Crippen LogP) is 20.2. The topological polar surface area (TPSA) is 86.8 Å². The first-order valence-corrected chi connectivity index (χ1v) is 38.0. The van der Waals surface area contributed by atoms with Crippen molar-refractivity contribution in [1.29, 1.82) is 0 Å². The van der Waals surface area contributed by atoms with Gasteiger partial charge >= 0.3 is 0 Å². The zero-order valence-corrected chi connectivity index (χ0v) is 68.3. The maximum atomic E-state index is 5.18. The van der Waals surface area contributed by atoms with Crippen LogP contribution in [0.4, 0.5) is 0 Å². The van der Waals surface area contributed by atoms with Gasteiger partial charge in [0.2, 0.25) is 22.8 Å². The number of rotatable bonds is 9. The first-order chi connectivity index (χ1) is 52.0. The molecule has 0 aliphatic heterocycles. The number of aryl methyl sites for hydroxylation is 16. The maximum absolute atomic E-state index is 5.18. The zero-order chi connectivity index (χ0) is 77.8. The quantitative estimate of drug-likeness (QED) is 0.135. The van der Waals surface area contributed by atoms with Gasteiger partial charge < -0.3 is 18.3 Å². The number of pyridine rings is 4. The Balaban J connectivity index is 0.000000128. The average molecular weight is 1440 g/mol. The minimum Gasteiger partial charge on any atom is -0.327 e. The Morgan fingerprint density at radius 2 is 0.615 bits per heavy atom. The fourth-order valence-corrected chi connectivity index (χ4v) is 16.3. The summed E-state index contributed by atoms with van der Waals surface area (Å²) < 4.78 is 17.6. The van der Waals surface area contributed by atoms with Crippen LogP contribution in [-0.4, -0.2) is 38.2 Å². The lowest BCUT2D eigenvalue weighted by Crippen LogP contribution is -2.32. The van der Waals surface area contributed by atoms with E-state index in [4.69, 9.17) is 19.9 Å². The maximum Gasteiger partial charge on any atom is 0.215 e. The lowest BCUT2D eigenvalue weighted by atomic mass is 9.87. The molecule has 0 bridgehead atoms. The van der Waals surface area contributed by atoms with Crippen molar-refractivity contribution in [3.8, 4) is 90.6 Å². The Kier molecular flexibility index (Phi) is 21.1. The molecule has 8 heterocycles. The van der Waals surface area contributed by atoms with Gasteiger partial charge in [-0.3, -0.25) is 0 Å². The highest BCUT2D eigenvalue weighted by Crippen LogP contribution is 2.39. The fourth-order valence-electron chi connectivity index (χ4n) is 16.3. The van der Waals surface area contributed by atoms with E-state index in [1.54, 1.807) is 0 Å². The molecule has 0 atom stereocenters. The Labute approximate surface area is 644 Å². The highest BCUT2D eigenvalue weighted by atomic mass is 15.1. The van der Waals surface area contributed by atoms with E-state index in [-0.39, 0.29) is 5.41 Å². The number of aromatic nitrogens is 12. The number of hydrogen-bond acceptors (Lipinski definition) is 4. The van der Waals surface area contributed by atoms with Crippen LogP contribution in [-0.2, 0) is 62.8 Å². The van der Waals surface area contributed by atoms with Crippen LogP contribution in [0.5, 0.6) is 0 Å². The number of fused-ring (bicyclic) bond motifs is 4. The molecule has 8 aromatic heterocycles. The van der Waals surface area contributed by atoms with E-state index in [9.17, 15) is 0 Å². The number of imidazole rings is 4. The molecule has 550 valence electrons. The van der Waals surface area contributed by atoms with Gasteiger partial charge in [0.25, 0.3) is 0 Å². The summed E-state index contributed by atoms with van der Waals surface area (Å²) in [5, 5.41) is 0. The molecular weight excluding hydrogens is 1330 g/mol. The van der Waals surface area contributed by atoms with Crippen molar-refractivity contribution in [3.05, 3.63) is 285 Å². The highest BCUT2D eigenvalue weighted by molar-refractivity contribution is 5.90. The van der Waals surface area contributed by atoms with Crippen molar-refractivity contribution in [2.75, 3.05) is 0 Å². The van der Waals surface area contributed by atoms with Crippen molar-refractivity contribution < 1.29 is 18.3 Å². The van der Waals surface area contributed by atoms with E-state index in [0.717, 1.165) is 51.8 Å².